The maximum atomic E-state index is 12.1. The van der Waals surface area contributed by atoms with Crippen molar-refractivity contribution in [3.8, 4) is 0 Å². The van der Waals surface area contributed by atoms with E-state index in [4.69, 9.17) is 18.9 Å². The quantitative estimate of drug-likeness (QED) is 0.462. The number of nitrogens with zero attached hydrogens (tertiary/aromatic N) is 1. The van der Waals surface area contributed by atoms with E-state index < -0.39 is 17.2 Å². The number of fused-ring (bicyclic) bond motifs is 6. The van der Waals surface area contributed by atoms with E-state index in [0.29, 0.717) is 62.7 Å². The summed E-state index contributed by atoms with van der Waals surface area (Å²) in [7, 11) is 0. The van der Waals surface area contributed by atoms with Crippen LogP contribution < -0.4 is 0 Å². The monoisotopic (exact) mass is 421 g/mol. The van der Waals surface area contributed by atoms with E-state index in [9.17, 15) is 10.3 Å². The van der Waals surface area contributed by atoms with Crippen molar-refractivity contribution in [2.75, 3.05) is 26.4 Å². The Morgan fingerprint density at radius 3 is 2.17 bits per heavy atom. The zero-order valence-corrected chi connectivity index (χ0v) is 18.2. The summed E-state index contributed by atoms with van der Waals surface area (Å²) >= 11 is 0. The molecule has 2 N–H and O–H groups in total. The third kappa shape index (κ3) is 2.21. The molecule has 6 aliphatic rings. The molecule has 2 spiro atoms. The summed E-state index contributed by atoms with van der Waals surface area (Å²) in [6.45, 7) is 7.05. The molecule has 6 atom stereocenters. The number of aliphatic hydroxyl groups is 1. The van der Waals surface area contributed by atoms with E-state index >= 15 is 0 Å². The second kappa shape index (κ2) is 6.19. The van der Waals surface area contributed by atoms with Crippen molar-refractivity contribution in [2.45, 2.75) is 82.4 Å². The van der Waals surface area contributed by atoms with Crippen LogP contribution in [0.2, 0.25) is 0 Å². The van der Waals surface area contributed by atoms with Crippen molar-refractivity contribution in [3.63, 3.8) is 0 Å². The van der Waals surface area contributed by atoms with Crippen LogP contribution >= 0.6 is 0 Å². The van der Waals surface area contributed by atoms with Crippen LogP contribution in [-0.2, 0) is 18.9 Å². The molecule has 0 aromatic heterocycles. The minimum Gasteiger partial charge on any atom is -0.411 e. The van der Waals surface area contributed by atoms with Gasteiger partial charge in [0.2, 0.25) is 0 Å². The van der Waals surface area contributed by atoms with Crippen LogP contribution in [0.4, 0.5) is 0 Å². The Hall–Kier alpha value is -0.730. The van der Waals surface area contributed by atoms with E-state index in [0.717, 1.165) is 38.5 Å². The van der Waals surface area contributed by atoms with Crippen LogP contribution in [-0.4, -0.2) is 59.6 Å². The van der Waals surface area contributed by atoms with Crippen LogP contribution in [0.25, 0.3) is 0 Å². The minimum atomic E-state index is -1.20. The molecule has 30 heavy (non-hydrogen) atoms. The van der Waals surface area contributed by atoms with Crippen molar-refractivity contribution >= 4 is 5.71 Å². The predicted octanol–water partition coefficient (Wildman–Crippen LogP) is 3.07. The van der Waals surface area contributed by atoms with Crippen molar-refractivity contribution < 1.29 is 29.3 Å². The molecule has 0 aromatic carbocycles. The van der Waals surface area contributed by atoms with E-state index in [2.05, 4.69) is 19.0 Å². The van der Waals surface area contributed by atoms with Crippen LogP contribution in [0.1, 0.15) is 65.2 Å². The first-order valence-electron chi connectivity index (χ1n) is 11.8. The lowest BCUT2D eigenvalue weighted by Crippen LogP contribution is -2.69. The largest absolute Gasteiger partial charge is 0.411 e. The van der Waals surface area contributed by atoms with Crippen LogP contribution in [0.3, 0.4) is 0 Å². The predicted molar refractivity (Wildman–Crippen MR) is 107 cm³/mol. The Kier molecular flexibility index (Phi) is 4.11. The van der Waals surface area contributed by atoms with Gasteiger partial charge in [-0.1, -0.05) is 19.0 Å². The van der Waals surface area contributed by atoms with Gasteiger partial charge in [0.25, 0.3) is 0 Å². The van der Waals surface area contributed by atoms with Gasteiger partial charge in [0.15, 0.2) is 11.6 Å². The summed E-state index contributed by atoms with van der Waals surface area (Å²) in [5.41, 5.74) is -1.06. The Morgan fingerprint density at radius 2 is 1.47 bits per heavy atom. The molecule has 168 valence electrons. The molecule has 0 aromatic rings. The fourth-order valence-corrected chi connectivity index (χ4v) is 8.77. The van der Waals surface area contributed by atoms with E-state index in [-0.39, 0.29) is 10.8 Å². The lowest BCUT2D eigenvalue weighted by Gasteiger charge is -2.64. The van der Waals surface area contributed by atoms with Gasteiger partial charge in [-0.25, -0.2) is 0 Å². The Morgan fingerprint density at radius 1 is 0.833 bits per heavy atom. The third-order valence-corrected chi connectivity index (χ3v) is 10.4. The Balaban J connectivity index is 1.38. The zero-order chi connectivity index (χ0) is 20.8. The Labute approximate surface area is 178 Å². The number of oxime groups is 1. The lowest BCUT2D eigenvalue weighted by molar-refractivity contribution is -0.270. The number of ether oxygens (including phenoxy) is 4. The highest BCUT2D eigenvalue weighted by Gasteiger charge is 2.72. The summed E-state index contributed by atoms with van der Waals surface area (Å²) in [4.78, 5) is 0. The molecule has 0 bridgehead atoms. The van der Waals surface area contributed by atoms with Crippen LogP contribution in [0.15, 0.2) is 5.16 Å². The van der Waals surface area contributed by atoms with Crippen molar-refractivity contribution in [1.29, 1.82) is 0 Å². The van der Waals surface area contributed by atoms with Gasteiger partial charge in [-0.05, 0) is 49.9 Å². The van der Waals surface area contributed by atoms with Gasteiger partial charge in [-0.15, -0.1) is 0 Å². The van der Waals surface area contributed by atoms with Crippen LogP contribution in [0.5, 0.6) is 0 Å². The molecule has 7 heteroatoms. The maximum absolute atomic E-state index is 12.1. The molecule has 7 nitrogen and oxygen atoms in total. The maximum Gasteiger partial charge on any atom is 0.174 e. The normalized spacial score (nSPS) is 52.5. The molecular weight excluding hydrogens is 386 g/mol. The van der Waals surface area contributed by atoms with Gasteiger partial charge >= 0.3 is 0 Å². The van der Waals surface area contributed by atoms with Gasteiger partial charge < -0.3 is 29.3 Å². The molecule has 6 fully saturated rings. The molecule has 4 aliphatic carbocycles. The number of rotatable bonds is 0. The molecule has 0 unspecified atom stereocenters. The molecule has 2 saturated heterocycles. The van der Waals surface area contributed by atoms with Crippen LogP contribution in [0, 0.1) is 28.6 Å². The van der Waals surface area contributed by atoms with Gasteiger partial charge in [-0.2, -0.15) is 0 Å². The summed E-state index contributed by atoms with van der Waals surface area (Å²) < 4.78 is 24.4. The highest BCUT2D eigenvalue weighted by atomic mass is 16.7. The number of hydrogen-bond donors (Lipinski definition) is 2. The minimum absolute atomic E-state index is 0.0232. The van der Waals surface area contributed by atoms with E-state index in [1.54, 1.807) is 0 Å². The first-order chi connectivity index (χ1) is 14.3. The first-order valence-corrected chi connectivity index (χ1v) is 11.8. The second-order valence-electron chi connectivity index (χ2n) is 11.1. The van der Waals surface area contributed by atoms with E-state index in [1.165, 1.54) is 0 Å². The molecule has 2 heterocycles. The van der Waals surface area contributed by atoms with Gasteiger partial charge in [0.1, 0.15) is 5.60 Å². The molecular formula is C23H35NO6. The smallest absolute Gasteiger partial charge is 0.174 e. The molecule has 0 radical (unpaired) electrons. The summed E-state index contributed by atoms with van der Waals surface area (Å²) in [5, 5.41) is 25.8. The van der Waals surface area contributed by atoms with Gasteiger partial charge in [-0.3, -0.25) is 0 Å². The van der Waals surface area contributed by atoms with E-state index in [1.807, 2.05) is 0 Å². The SMILES string of the molecule is C[C@]12CC[C@H]3[C@@H](C/C(=N\O)[C@@]4(O)CC5(CC[C@]34C)OCCO5)[C@@H]1CCC21OCCO1. The van der Waals surface area contributed by atoms with Crippen molar-refractivity contribution in [3.05, 3.63) is 0 Å². The molecule has 4 saturated carbocycles. The molecule has 0 amide bonds. The summed E-state index contributed by atoms with van der Waals surface area (Å²) in [6, 6.07) is 0. The van der Waals surface area contributed by atoms with Crippen molar-refractivity contribution in [2.24, 2.45) is 33.7 Å². The van der Waals surface area contributed by atoms with Crippen molar-refractivity contribution in [1.82, 2.24) is 0 Å². The standard InChI is InChI=1S/C23H35NO6/c1-19-7-8-21(27-9-10-28-21)14-22(19,25)18(24-26)13-15-16(19)3-5-20(2)17(15)4-6-23(20)29-11-12-30-23/h15-17,25-26H,3-14H2,1-2H3/b24-18+/t15-,16+,17+,19-,20+,22+/m1/s1. The third-order valence-electron chi connectivity index (χ3n) is 10.4. The highest BCUT2D eigenvalue weighted by Crippen LogP contribution is 2.70. The molecule has 2 aliphatic heterocycles. The molecule has 6 rings (SSSR count). The highest BCUT2D eigenvalue weighted by molar-refractivity contribution is 5.94. The first kappa shape index (κ1) is 19.9. The average molecular weight is 422 g/mol. The summed E-state index contributed by atoms with van der Waals surface area (Å²) in [6.07, 6.45) is 6.68. The lowest BCUT2D eigenvalue weighted by atomic mass is 9.42. The average Bonchev–Trinajstić information content (AvgIpc) is 3.45. The number of hydrogen-bond acceptors (Lipinski definition) is 7. The fraction of sp³-hybridized carbons (Fsp3) is 0.957. The Bertz CT molecular complexity index is 759. The zero-order valence-electron chi connectivity index (χ0n) is 18.2. The van der Waals surface area contributed by atoms with Gasteiger partial charge in [0.05, 0.1) is 32.1 Å². The second-order valence-corrected chi connectivity index (χ2v) is 11.1. The summed E-state index contributed by atoms with van der Waals surface area (Å²) in [5.74, 6) is 0.00866. The topological polar surface area (TPSA) is 89.7 Å². The van der Waals surface area contributed by atoms with Gasteiger partial charge in [0, 0.05) is 30.1 Å². The fourth-order valence-electron chi connectivity index (χ4n) is 8.77.